The Morgan fingerprint density at radius 3 is 2.58 bits per heavy atom. The van der Waals surface area contributed by atoms with E-state index in [1.807, 2.05) is 12.1 Å². The van der Waals surface area contributed by atoms with Crippen molar-refractivity contribution >= 4 is 17.1 Å². The molecule has 4 heteroatoms. The lowest BCUT2D eigenvalue weighted by Gasteiger charge is -1.87. The van der Waals surface area contributed by atoms with Gasteiger partial charge >= 0.3 is 0 Å². The summed E-state index contributed by atoms with van der Waals surface area (Å²) in [5, 5.41) is 18.7. The summed E-state index contributed by atoms with van der Waals surface area (Å²) in [6.07, 6.45) is 0. The second-order valence-electron chi connectivity index (χ2n) is 2.13. The predicted octanol–water partition coefficient (Wildman–Crippen LogP) is 1.69. The average molecular weight is 176 g/mol. The van der Waals surface area contributed by atoms with Gasteiger partial charge < -0.3 is 0 Å². The Kier molecular flexibility index (Phi) is 2.23. The van der Waals surface area contributed by atoms with E-state index in [4.69, 9.17) is 10.5 Å². The Bertz CT molecular complexity index is 406. The van der Waals surface area contributed by atoms with E-state index in [1.54, 1.807) is 0 Å². The second-order valence-corrected chi connectivity index (χ2v) is 3.01. The number of thiophene rings is 1. The van der Waals surface area contributed by atoms with Gasteiger partial charge in [0.15, 0.2) is 5.78 Å². The van der Waals surface area contributed by atoms with Crippen LogP contribution in [0, 0.1) is 22.7 Å². The summed E-state index contributed by atoms with van der Waals surface area (Å²) in [4.78, 5) is 11.3. The number of hydrogen-bond donors (Lipinski definition) is 0. The molecule has 0 saturated heterocycles. The lowest BCUT2D eigenvalue weighted by molar-refractivity contribution is 0.102. The monoisotopic (exact) mass is 176 g/mol. The van der Waals surface area contributed by atoms with Crippen molar-refractivity contribution in [3.63, 3.8) is 0 Å². The first-order valence-electron chi connectivity index (χ1n) is 3.13. The number of carbonyl (C=O) groups is 1. The van der Waals surface area contributed by atoms with Crippen LogP contribution in [0.4, 0.5) is 0 Å². The van der Waals surface area contributed by atoms with Crippen LogP contribution >= 0.6 is 11.3 Å². The van der Waals surface area contributed by atoms with Crippen molar-refractivity contribution in [1.29, 1.82) is 10.5 Å². The summed E-state index contributed by atoms with van der Waals surface area (Å²) >= 11 is 1.14. The molecule has 0 fully saturated rings. The maximum absolute atomic E-state index is 10.9. The molecule has 0 atom stereocenters. The highest BCUT2D eigenvalue weighted by atomic mass is 32.1. The highest BCUT2D eigenvalue weighted by molar-refractivity contribution is 7.12. The molecule has 0 aliphatic rings. The summed E-state index contributed by atoms with van der Waals surface area (Å²) in [5.41, 5.74) is 0.489. The van der Waals surface area contributed by atoms with Gasteiger partial charge in [0, 0.05) is 12.3 Å². The first-order chi connectivity index (χ1) is 5.70. The van der Waals surface area contributed by atoms with Gasteiger partial charge in [-0.2, -0.15) is 10.5 Å². The maximum atomic E-state index is 10.9. The van der Waals surface area contributed by atoms with Crippen LogP contribution in [0.2, 0.25) is 0 Å². The van der Waals surface area contributed by atoms with Crippen LogP contribution in [0.3, 0.4) is 0 Å². The van der Waals surface area contributed by atoms with Crippen LogP contribution in [-0.4, -0.2) is 5.78 Å². The smallest absolute Gasteiger partial charge is 0.171 e. The van der Waals surface area contributed by atoms with Gasteiger partial charge in [-0.15, -0.1) is 11.3 Å². The fourth-order valence-electron chi connectivity index (χ4n) is 0.810. The summed E-state index contributed by atoms with van der Waals surface area (Å²) in [6.45, 7) is 1.38. The molecule has 0 N–H and O–H groups in total. The van der Waals surface area contributed by atoms with E-state index in [-0.39, 0.29) is 16.9 Å². The zero-order valence-corrected chi connectivity index (χ0v) is 7.10. The van der Waals surface area contributed by atoms with Gasteiger partial charge in [-0.3, -0.25) is 4.79 Å². The van der Waals surface area contributed by atoms with E-state index in [0.717, 1.165) is 11.3 Å². The van der Waals surface area contributed by atoms with Gasteiger partial charge in [0.25, 0.3) is 0 Å². The van der Waals surface area contributed by atoms with E-state index in [0.29, 0.717) is 4.88 Å². The molecule has 1 rings (SSSR count). The van der Waals surface area contributed by atoms with Crippen molar-refractivity contribution in [2.75, 3.05) is 0 Å². The highest BCUT2D eigenvalue weighted by Gasteiger charge is 2.13. The van der Waals surface area contributed by atoms with Gasteiger partial charge in [-0.1, -0.05) is 0 Å². The minimum absolute atomic E-state index is 0.168. The first-order valence-corrected chi connectivity index (χ1v) is 4.01. The molecule has 0 aliphatic heterocycles. The van der Waals surface area contributed by atoms with E-state index < -0.39 is 0 Å². The second kappa shape index (κ2) is 3.17. The Labute approximate surface area is 73.5 Å². The third kappa shape index (κ3) is 1.20. The molecular formula is C8H4N2OS. The standard InChI is InChI=1S/C8H4N2OS/c1-5(11)8-7(3-10)6(2-9)4-12-8/h4H,1H3. The van der Waals surface area contributed by atoms with Crippen molar-refractivity contribution in [3.8, 4) is 12.1 Å². The van der Waals surface area contributed by atoms with Crippen LogP contribution in [0.25, 0.3) is 0 Å². The minimum atomic E-state index is -0.168. The van der Waals surface area contributed by atoms with E-state index in [2.05, 4.69) is 0 Å². The molecule has 0 unspecified atom stereocenters. The zero-order valence-electron chi connectivity index (χ0n) is 6.29. The Morgan fingerprint density at radius 2 is 2.17 bits per heavy atom. The van der Waals surface area contributed by atoms with Gasteiger partial charge in [0.05, 0.1) is 16.0 Å². The molecule has 3 nitrogen and oxygen atoms in total. The fourth-order valence-corrected chi connectivity index (χ4v) is 1.66. The summed E-state index contributed by atoms with van der Waals surface area (Å²) in [7, 11) is 0. The quantitative estimate of drug-likeness (QED) is 0.611. The normalized spacial score (nSPS) is 8.58. The Morgan fingerprint density at radius 1 is 1.50 bits per heavy atom. The lowest BCUT2D eigenvalue weighted by Crippen LogP contribution is -1.91. The van der Waals surface area contributed by atoms with Crippen molar-refractivity contribution in [2.24, 2.45) is 0 Å². The van der Waals surface area contributed by atoms with Crippen molar-refractivity contribution in [1.82, 2.24) is 0 Å². The molecule has 0 bridgehead atoms. The lowest BCUT2D eigenvalue weighted by atomic mass is 10.1. The predicted molar refractivity (Wildman–Crippen MR) is 43.8 cm³/mol. The van der Waals surface area contributed by atoms with E-state index in [9.17, 15) is 4.79 Å². The van der Waals surface area contributed by atoms with Gasteiger partial charge in [0.2, 0.25) is 0 Å². The zero-order chi connectivity index (χ0) is 9.14. The molecule has 0 aliphatic carbocycles. The SMILES string of the molecule is CC(=O)c1scc(C#N)c1C#N. The molecule has 0 amide bonds. The Balaban J connectivity index is 3.38. The number of ketones is 1. The minimum Gasteiger partial charge on any atom is -0.294 e. The van der Waals surface area contributed by atoms with Gasteiger partial charge in [-0.25, -0.2) is 0 Å². The van der Waals surface area contributed by atoms with Crippen LogP contribution < -0.4 is 0 Å². The number of rotatable bonds is 1. The van der Waals surface area contributed by atoms with Crippen LogP contribution in [0.5, 0.6) is 0 Å². The van der Waals surface area contributed by atoms with Crippen LogP contribution in [-0.2, 0) is 0 Å². The summed E-state index contributed by atoms with van der Waals surface area (Å²) in [5.74, 6) is -0.168. The molecule has 58 valence electrons. The fraction of sp³-hybridized carbons (Fsp3) is 0.125. The Hall–Kier alpha value is -1.65. The molecule has 1 aromatic heterocycles. The number of Topliss-reactive ketones (excluding diaryl/α,β-unsaturated/α-hetero) is 1. The van der Waals surface area contributed by atoms with Crippen molar-refractivity contribution < 1.29 is 4.79 Å². The largest absolute Gasteiger partial charge is 0.294 e. The van der Waals surface area contributed by atoms with Crippen LogP contribution in [0.15, 0.2) is 5.38 Å². The molecule has 0 saturated carbocycles. The van der Waals surface area contributed by atoms with Gasteiger partial charge in [-0.05, 0) is 0 Å². The first kappa shape index (κ1) is 8.45. The topological polar surface area (TPSA) is 64.7 Å². The van der Waals surface area contributed by atoms with Crippen LogP contribution in [0.1, 0.15) is 27.7 Å². The number of hydrogen-bond acceptors (Lipinski definition) is 4. The van der Waals surface area contributed by atoms with Crippen molar-refractivity contribution in [3.05, 3.63) is 21.4 Å². The molecule has 12 heavy (non-hydrogen) atoms. The third-order valence-corrected chi connectivity index (χ3v) is 2.42. The number of nitriles is 2. The summed E-state index contributed by atoms with van der Waals surface area (Å²) in [6, 6.07) is 3.70. The number of nitrogens with zero attached hydrogens (tertiary/aromatic N) is 2. The summed E-state index contributed by atoms with van der Waals surface area (Å²) < 4.78 is 0. The highest BCUT2D eigenvalue weighted by Crippen LogP contribution is 2.21. The van der Waals surface area contributed by atoms with Crippen molar-refractivity contribution in [2.45, 2.75) is 6.92 Å². The third-order valence-electron chi connectivity index (χ3n) is 1.34. The molecule has 1 heterocycles. The number of carbonyl (C=O) groups excluding carboxylic acids is 1. The maximum Gasteiger partial charge on any atom is 0.171 e. The molecule has 0 spiro atoms. The molecule has 1 aromatic rings. The molecular weight excluding hydrogens is 172 g/mol. The molecule has 0 aromatic carbocycles. The molecule has 0 radical (unpaired) electrons. The average Bonchev–Trinajstić information content (AvgIpc) is 2.46. The van der Waals surface area contributed by atoms with E-state index in [1.165, 1.54) is 12.3 Å². The van der Waals surface area contributed by atoms with Gasteiger partial charge in [0.1, 0.15) is 12.1 Å². The van der Waals surface area contributed by atoms with E-state index >= 15 is 0 Å².